The van der Waals surface area contributed by atoms with Gasteiger partial charge in [0.05, 0.1) is 42.0 Å². The van der Waals surface area contributed by atoms with Gasteiger partial charge in [-0.2, -0.15) is 13.2 Å². The monoisotopic (exact) mass is 718 g/mol. The second-order valence-electron chi connectivity index (χ2n) is 15.7. The molecule has 2 heterocycles. The van der Waals surface area contributed by atoms with E-state index in [9.17, 15) is 32.2 Å². The Balaban J connectivity index is 1.43. The van der Waals surface area contributed by atoms with Crippen LogP contribution in [0.1, 0.15) is 153 Å². The number of halogens is 6. The molecular weight excluding hydrogens is 670 g/mol. The lowest BCUT2D eigenvalue weighted by Gasteiger charge is -2.40. The van der Waals surface area contributed by atoms with Gasteiger partial charge in [-0.25, -0.2) is 23.1 Å². The number of likely N-dealkylation sites (N-methyl/N-ethyl adjacent to an activating group) is 1. The van der Waals surface area contributed by atoms with Crippen LogP contribution in [-0.4, -0.2) is 51.3 Å². The molecule has 0 spiro atoms. The molecule has 278 valence electrons. The molecule has 0 bridgehead atoms. The van der Waals surface area contributed by atoms with Crippen molar-refractivity contribution in [3.8, 4) is 0 Å². The topological polar surface area (TPSA) is 82.4 Å². The van der Waals surface area contributed by atoms with Crippen LogP contribution in [0.2, 0.25) is 0 Å². The molecule has 2 fully saturated rings. The van der Waals surface area contributed by atoms with Crippen LogP contribution >= 0.6 is 0 Å². The molecule has 0 saturated heterocycles. The van der Waals surface area contributed by atoms with E-state index in [2.05, 4.69) is 9.97 Å². The summed E-state index contributed by atoms with van der Waals surface area (Å²) in [7, 11) is 1.85. The number of aliphatic hydroxyl groups excluding tert-OH is 2. The van der Waals surface area contributed by atoms with Crippen LogP contribution in [0.15, 0.2) is 36.7 Å². The third-order valence-corrected chi connectivity index (χ3v) is 11.3. The summed E-state index contributed by atoms with van der Waals surface area (Å²) in [6.07, 6.45) is 0.0729. The Bertz CT molecular complexity index is 1650. The number of anilines is 1. The van der Waals surface area contributed by atoms with Crippen molar-refractivity contribution in [1.82, 2.24) is 15.0 Å². The number of aromatic nitrogens is 3. The Morgan fingerprint density at radius 1 is 0.902 bits per heavy atom. The minimum Gasteiger partial charge on any atom is -0.395 e. The van der Waals surface area contributed by atoms with E-state index < -0.39 is 35.9 Å². The molecule has 12 heteroatoms. The van der Waals surface area contributed by atoms with E-state index in [4.69, 9.17) is 4.98 Å². The molecule has 6 nitrogen and oxygen atoms in total. The minimum atomic E-state index is -4.59. The van der Waals surface area contributed by atoms with Crippen molar-refractivity contribution in [1.29, 1.82) is 0 Å². The Labute approximate surface area is 295 Å². The zero-order valence-electron chi connectivity index (χ0n) is 29.5. The molecule has 1 aromatic carbocycles. The summed E-state index contributed by atoms with van der Waals surface area (Å²) >= 11 is 0. The zero-order chi connectivity index (χ0) is 36.7. The van der Waals surface area contributed by atoms with Crippen molar-refractivity contribution in [2.45, 2.75) is 127 Å². The quantitative estimate of drug-likeness (QED) is 0.178. The van der Waals surface area contributed by atoms with Gasteiger partial charge in [0.1, 0.15) is 5.82 Å². The van der Waals surface area contributed by atoms with Crippen molar-refractivity contribution in [3.05, 3.63) is 81.7 Å². The van der Waals surface area contributed by atoms with E-state index in [-0.39, 0.29) is 60.7 Å². The molecular formula is C39H48F6N4O2. The van der Waals surface area contributed by atoms with Crippen molar-refractivity contribution >= 4 is 5.69 Å². The lowest BCUT2D eigenvalue weighted by molar-refractivity contribution is -0.137. The van der Waals surface area contributed by atoms with Gasteiger partial charge >= 0.3 is 6.18 Å². The van der Waals surface area contributed by atoms with Crippen LogP contribution in [0, 0.1) is 5.41 Å². The Morgan fingerprint density at radius 2 is 1.53 bits per heavy atom. The second kappa shape index (κ2) is 14.6. The SMILES string of the molecule is CN(CCO)c1cnc([C@@H]2CCCC(c3nc4c(c(C5CCC(F)(F)CC5)c3C(F)c3ccc(C(F)(F)F)cc3)C(O)CC(C)(C)C4)CC2)nc1. The number of fused-ring (bicyclic) bond motifs is 1. The molecule has 3 aliphatic carbocycles. The average molecular weight is 719 g/mol. The van der Waals surface area contributed by atoms with Gasteiger partial charge in [-0.3, -0.25) is 4.98 Å². The Hall–Kier alpha value is -3.25. The number of hydrogen-bond acceptors (Lipinski definition) is 6. The van der Waals surface area contributed by atoms with Gasteiger partial charge in [-0.1, -0.05) is 32.4 Å². The van der Waals surface area contributed by atoms with Crippen molar-refractivity contribution in [2.75, 3.05) is 25.1 Å². The number of nitrogens with zero attached hydrogens (tertiary/aromatic N) is 4. The summed E-state index contributed by atoms with van der Waals surface area (Å²) < 4.78 is 86.8. The summed E-state index contributed by atoms with van der Waals surface area (Å²) in [4.78, 5) is 16.3. The van der Waals surface area contributed by atoms with Gasteiger partial charge in [0.2, 0.25) is 5.92 Å². The van der Waals surface area contributed by atoms with Crippen LogP contribution in [0.5, 0.6) is 0 Å². The van der Waals surface area contributed by atoms with Crippen LogP contribution in [0.4, 0.5) is 32.0 Å². The summed E-state index contributed by atoms with van der Waals surface area (Å²) in [6, 6.07) is 4.04. The first-order valence-corrected chi connectivity index (χ1v) is 18.1. The van der Waals surface area contributed by atoms with Crippen LogP contribution < -0.4 is 4.90 Å². The molecule has 0 radical (unpaired) electrons. The molecule has 6 rings (SSSR count). The molecule has 4 atom stereocenters. The number of hydrogen-bond donors (Lipinski definition) is 2. The van der Waals surface area contributed by atoms with Crippen molar-refractivity contribution in [3.63, 3.8) is 0 Å². The van der Waals surface area contributed by atoms with Crippen molar-refractivity contribution in [2.24, 2.45) is 5.41 Å². The molecule has 2 N–H and O–H groups in total. The molecule has 3 unspecified atom stereocenters. The fourth-order valence-corrected chi connectivity index (χ4v) is 8.57. The van der Waals surface area contributed by atoms with Gasteiger partial charge < -0.3 is 15.1 Å². The molecule has 2 aromatic heterocycles. The smallest absolute Gasteiger partial charge is 0.395 e. The normalized spacial score (nSPS) is 24.4. The van der Waals surface area contributed by atoms with Gasteiger partial charge in [-0.05, 0) is 86.0 Å². The van der Waals surface area contributed by atoms with E-state index in [1.54, 1.807) is 12.4 Å². The van der Waals surface area contributed by atoms with Gasteiger partial charge in [0.25, 0.3) is 0 Å². The highest BCUT2D eigenvalue weighted by Crippen LogP contribution is 2.53. The van der Waals surface area contributed by atoms with Gasteiger partial charge in [0.15, 0.2) is 6.17 Å². The molecule has 51 heavy (non-hydrogen) atoms. The maximum atomic E-state index is 17.3. The Morgan fingerprint density at radius 3 is 2.16 bits per heavy atom. The van der Waals surface area contributed by atoms with Gasteiger partial charge in [0, 0.05) is 55.1 Å². The molecule has 2 saturated carbocycles. The fraction of sp³-hybridized carbons (Fsp3) is 0.615. The van der Waals surface area contributed by atoms with E-state index in [0.717, 1.165) is 42.8 Å². The summed E-state index contributed by atoms with van der Waals surface area (Å²) in [5.41, 5.74) is 2.11. The summed E-state index contributed by atoms with van der Waals surface area (Å²) in [5, 5.41) is 20.9. The zero-order valence-corrected chi connectivity index (χ0v) is 29.5. The minimum absolute atomic E-state index is 0.00494. The van der Waals surface area contributed by atoms with Gasteiger partial charge in [-0.15, -0.1) is 0 Å². The molecule has 3 aliphatic rings. The lowest BCUT2D eigenvalue weighted by atomic mass is 9.68. The Kier molecular flexibility index (Phi) is 10.8. The van der Waals surface area contributed by atoms with Crippen LogP contribution in [0.3, 0.4) is 0 Å². The molecule has 3 aromatic rings. The average Bonchev–Trinajstić information content (AvgIpc) is 3.33. The predicted molar refractivity (Wildman–Crippen MR) is 183 cm³/mol. The highest BCUT2D eigenvalue weighted by atomic mass is 19.4. The first-order chi connectivity index (χ1) is 24.1. The second-order valence-corrected chi connectivity index (χ2v) is 15.7. The van der Waals surface area contributed by atoms with E-state index >= 15 is 4.39 Å². The highest BCUT2D eigenvalue weighted by Gasteiger charge is 2.43. The molecule has 0 aliphatic heterocycles. The number of aliphatic hydroxyl groups is 2. The largest absolute Gasteiger partial charge is 0.416 e. The summed E-state index contributed by atoms with van der Waals surface area (Å²) in [6.45, 7) is 4.54. The maximum Gasteiger partial charge on any atom is 0.416 e. The van der Waals surface area contributed by atoms with E-state index in [1.165, 1.54) is 0 Å². The van der Waals surface area contributed by atoms with Crippen molar-refractivity contribution < 1.29 is 36.6 Å². The first kappa shape index (κ1) is 37.5. The molecule has 0 amide bonds. The number of rotatable bonds is 8. The third kappa shape index (κ3) is 8.22. The van der Waals surface area contributed by atoms with E-state index in [0.29, 0.717) is 67.0 Å². The third-order valence-electron chi connectivity index (χ3n) is 11.3. The van der Waals surface area contributed by atoms with Crippen LogP contribution in [0.25, 0.3) is 0 Å². The van der Waals surface area contributed by atoms with E-state index in [1.807, 2.05) is 25.8 Å². The predicted octanol–water partition coefficient (Wildman–Crippen LogP) is 9.51. The lowest BCUT2D eigenvalue weighted by Crippen LogP contribution is -2.32. The fourth-order valence-electron chi connectivity index (χ4n) is 8.57. The maximum absolute atomic E-state index is 17.3. The number of benzene rings is 1. The highest BCUT2D eigenvalue weighted by molar-refractivity contribution is 5.51. The van der Waals surface area contributed by atoms with Crippen LogP contribution in [-0.2, 0) is 12.6 Å². The number of alkyl halides is 6. The number of pyridine rings is 1. The summed E-state index contributed by atoms with van der Waals surface area (Å²) in [5.74, 6) is -2.74. The standard InChI is InChI=1S/C39H48F6N4O2/c1-37(2)19-29-32(30(51)20-37)31(23-13-15-38(41,42)16-14-23)33(34(40)24-9-11-27(12-10-24)39(43,44)45)35(48-29)25-5-4-6-26(8-7-25)36-46-21-28(22-47-36)49(3)17-18-50/h9-12,21-23,25-26,30,34,50-51H,4-8,13-20H2,1-3H3/t25?,26-,30?,34?/m1/s1. The first-order valence-electron chi connectivity index (χ1n) is 18.1.